The van der Waals surface area contributed by atoms with Gasteiger partial charge in [-0.3, -0.25) is 9.11 Å². The fourth-order valence-corrected chi connectivity index (χ4v) is 7.17. The van der Waals surface area contributed by atoms with Crippen molar-refractivity contribution < 1.29 is 18.6 Å². The number of nitrogens with zero attached hydrogens (tertiary/aromatic N) is 1. The van der Waals surface area contributed by atoms with Crippen molar-refractivity contribution in [1.82, 2.24) is 4.31 Å². The lowest BCUT2D eigenvalue weighted by Gasteiger charge is -2.43. The van der Waals surface area contributed by atoms with E-state index in [-0.39, 0.29) is 30.2 Å². The third-order valence-corrected chi connectivity index (χ3v) is 9.61. The minimum absolute atomic E-state index is 0.162. The Hall–Kier alpha value is -1.09. The number of halogens is 1. The molecule has 2 fully saturated rings. The SMILES string of the molecule is C[C@H]1CC[C@@H](c2ccccc2)SN1Cc1ccc(C2(O)CCS(O)(O)CC2)cc1F. The van der Waals surface area contributed by atoms with Crippen molar-refractivity contribution >= 4 is 22.5 Å². The summed E-state index contributed by atoms with van der Waals surface area (Å²) in [6.45, 7) is 2.70. The summed E-state index contributed by atoms with van der Waals surface area (Å²) in [5, 5.41) is 11.3. The monoisotopic (exact) mass is 451 g/mol. The van der Waals surface area contributed by atoms with E-state index in [9.17, 15) is 18.6 Å². The molecule has 4 rings (SSSR count). The highest BCUT2D eigenvalue weighted by atomic mass is 32.3. The first kappa shape index (κ1) is 22.1. The molecule has 0 saturated carbocycles. The number of benzene rings is 2. The predicted molar refractivity (Wildman–Crippen MR) is 123 cm³/mol. The lowest BCUT2D eigenvalue weighted by Crippen LogP contribution is -2.35. The summed E-state index contributed by atoms with van der Waals surface area (Å²) in [5.74, 6) is 0.0125. The van der Waals surface area contributed by atoms with Crippen LogP contribution in [0.2, 0.25) is 0 Å². The van der Waals surface area contributed by atoms with Crippen molar-refractivity contribution in [3.8, 4) is 0 Å². The Labute approximate surface area is 184 Å². The van der Waals surface area contributed by atoms with Gasteiger partial charge in [0, 0.05) is 34.9 Å². The molecular formula is C23H30FNO3S2. The van der Waals surface area contributed by atoms with Gasteiger partial charge >= 0.3 is 0 Å². The summed E-state index contributed by atoms with van der Waals surface area (Å²) in [6, 6.07) is 15.8. The first-order valence-corrected chi connectivity index (χ1v) is 13.2. The zero-order valence-corrected chi connectivity index (χ0v) is 18.8. The maximum atomic E-state index is 15.0. The second-order valence-electron chi connectivity index (χ2n) is 8.55. The minimum Gasteiger partial charge on any atom is -0.385 e. The zero-order valence-electron chi connectivity index (χ0n) is 17.2. The summed E-state index contributed by atoms with van der Waals surface area (Å²) in [5.41, 5.74) is 1.27. The van der Waals surface area contributed by atoms with E-state index in [1.807, 2.05) is 6.07 Å². The maximum absolute atomic E-state index is 15.0. The summed E-state index contributed by atoms with van der Waals surface area (Å²) >= 11 is 1.79. The van der Waals surface area contributed by atoms with E-state index in [0.717, 1.165) is 12.8 Å². The Balaban J connectivity index is 1.47. The van der Waals surface area contributed by atoms with Crippen LogP contribution in [-0.4, -0.2) is 36.1 Å². The van der Waals surface area contributed by atoms with Gasteiger partial charge in [0.15, 0.2) is 0 Å². The summed E-state index contributed by atoms with van der Waals surface area (Å²) in [7, 11) is -2.60. The van der Waals surface area contributed by atoms with Gasteiger partial charge in [0.2, 0.25) is 0 Å². The van der Waals surface area contributed by atoms with Gasteiger partial charge < -0.3 is 5.11 Å². The average molecular weight is 452 g/mol. The molecule has 2 heterocycles. The molecule has 0 bridgehead atoms. The molecule has 4 nitrogen and oxygen atoms in total. The second kappa shape index (κ2) is 8.81. The first-order valence-electron chi connectivity index (χ1n) is 10.5. The highest BCUT2D eigenvalue weighted by molar-refractivity contribution is 8.24. The van der Waals surface area contributed by atoms with E-state index < -0.39 is 16.2 Å². The molecule has 0 radical (unpaired) electrons. The topological polar surface area (TPSA) is 63.9 Å². The van der Waals surface area contributed by atoms with Crippen molar-refractivity contribution in [2.75, 3.05) is 11.5 Å². The lowest BCUT2D eigenvalue weighted by atomic mass is 9.87. The molecule has 30 heavy (non-hydrogen) atoms. The van der Waals surface area contributed by atoms with Gasteiger partial charge in [0.25, 0.3) is 0 Å². The largest absolute Gasteiger partial charge is 0.385 e. The third-order valence-electron chi connectivity index (χ3n) is 6.37. The Bertz CT molecular complexity index is 870. The Morgan fingerprint density at radius 1 is 1.10 bits per heavy atom. The van der Waals surface area contributed by atoms with Gasteiger partial charge in [-0.2, -0.15) is 10.6 Å². The number of hydrogen-bond donors (Lipinski definition) is 3. The van der Waals surface area contributed by atoms with Gasteiger partial charge in [0.1, 0.15) is 5.82 Å². The average Bonchev–Trinajstić information content (AvgIpc) is 2.74. The summed E-state index contributed by atoms with van der Waals surface area (Å²) < 4.78 is 36.9. The van der Waals surface area contributed by atoms with Crippen LogP contribution < -0.4 is 0 Å². The molecule has 7 heteroatoms. The van der Waals surface area contributed by atoms with Crippen LogP contribution in [0.25, 0.3) is 0 Å². The zero-order chi connectivity index (χ0) is 21.4. The van der Waals surface area contributed by atoms with Crippen molar-refractivity contribution in [2.24, 2.45) is 0 Å². The van der Waals surface area contributed by atoms with E-state index in [0.29, 0.717) is 29.0 Å². The molecule has 3 N–H and O–H groups in total. The Morgan fingerprint density at radius 2 is 1.80 bits per heavy atom. The predicted octanol–water partition coefficient (Wildman–Crippen LogP) is 5.93. The molecular weight excluding hydrogens is 421 g/mol. The molecule has 2 aliphatic heterocycles. The number of rotatable bonds is 4. The molecule has 0 aliphatic carbocycles. The van der Waals surface area contributed by atoms with E-state index in [4.69, 9.17) is 0 Å². The third kappa shape index (κ3) is 4.87. The molecule has 2 saturated heterocycles. The normalized spacial score (nSPS) is 27.5. The highest BCUT2D eigenvalue weighted by Crippen LogP contribution is 2.50. The fourth-order valence-electron chi connectivity index (χ4n) is 4.26. The minimum atomic E-state index is -2.60. The standard InChI is InChI=1S/C23H30FNO3S2/c1-17-7-10-22(18-5-3-2-4-6-18)29-25(17)16-19-8-9-20(15-21(19)24)23(26)11-13-30(27,28)14-12-23/h2-6,8-9,15,17,22,26-28H,7,10-14,16H2,1H3/t17-,22-/m0/s1. The highest BCUT2D eigenvalue weighted by Gasteiger charge is 2.37. The molecule has 2 atom stereocenters. The van der Waals surface area contributed by atoms with Gasteiger partial charge in [-0.1, -0.05) is 54.4 Å². The fraction of sp³-hybridized carbons (Fsp3) is 0.478. The molecule has 0 unspecified atom stereocenters. The quantitative estimate of drug-likeness (QED) is 0.503. The van der Waals surface area contributed by atoms with E-state index in [2.05, 4.69) is 35.5 Å². The second-order valence-corrected chi connectivity index (χ2v) is 12.2. The van der Waals surface area contributed by atoms with Crippen LogP contribution in [0.5, 0.6) is 0 Å². The Kier molecular flexibility index (Phi) is 6.49. The first-order chi connectivity index (χ1) is 14.3. The lowest BCUT2D eigenvalue weighted by molar-refractivity contribution is 0.0243. The van der Waals surface area contributed by atoms with Crippen LogP contribution >= 0.6 is 22.5 Å². The van der Waals surface area contributed by atoms with Gasteiger partial charge in [-0.15, -0.1) is 0 Å². The molecule has 0 amide bonds. The molecule has 0 spiro atoms. The summed E-state index contributed by atoms with van der Waals surface area (Å²) in [6.07, 6.45) is 2.66. The molecule has 2 aromatic carbocycles. The van der Waals surface area contributed by atoms with Crippen LogP contribution in [0.15, 0.2) is 48.5 Å². The van der Waals surface area contributed by atoms with Crippen molar-refractivity contribution in [3.63, 3.8) is 0 Å². The van der Waals surface area contributed by atoms with Gasteiger partial charge in [0.05, 0.1) is 5.60 Å². The molecule has 164 valence electrons. The number of hydrogen-bond acceptors (Lipinski definition) is 5. The van der Waals surface area contributed by atoms with Crippen LogP contribution in [0.4, 0.5) is 4.39 Å². The Morgan fingerprint density at radius 3 is 2.47 bits per heavy atom. The van der Waals surface area contributed by atoms with Crippen molar-refractivity contribution in [2.45, 2.75) is 56.0 Å². The molecule has 2 aromatic rings. The van der Waals surface area contributed by atoms with Gasteiger partial charge in [-0.25, -0.2) is 8.70 Å². The molecule has 0 aromatic heterocycles. The maximum Gasteiger partial charge on any atom is 0.128 e. The van der Waals surface area contributed by atoms with Gasteiger partial charge in [-0.05, 0) is 49.8 Å². The van der Waals surface area contributed by atoms with Crippen LogP contribution in [0, 0.1) is 5.82 Å². The smallest absolute Gasteiger partial charge is 0.128 e. The van der Waals surface area contributed by atoms with Crippen molar-refractivity contribution in [3.05, 3.63) is 71.0 Å². The van der Waals surface area contributed by atoms with Crippen LogP contribution in [-0.2, 0) is 12.1 Å². The summed E-state index contributed by atoms with van der Waals surface area (Å²) in [4.78, 5) is 0. The number of aliphatic hydroxyl groups is 1. The van der Waals surface area contributed by atoms with Crippen LogP contribution in [0.3, 0.4) is 0 Å². The van der Waals surface area contributed by atoms with E-state index in [1.165, 1.54) is 11.6 Å². The van der Waals surface area contributed by atoms with E-state index >= 15 is 0 Å². The van der Waals surface area contributed by atoms with Crippen molar-refractivity contribution in [1.29, 1.82) is 0 Å². The van der Waals surface area contributed by atoms with E-state index in [1.54, 1.807) is 24.1 Å². The van der Waals surface area contributed by atoms with Crippen LogP contribution in [0.1, 0.15) is 54.5 Å². The molecule has 2 aliphatic rings.